The molecule has 2 heterocycles. The molecule has 0 bridgehead atoms. The van der Waals surface area contributed by atoms with Gasteiger partial charge in [0.25, 0.3) is 0 Å². The molecule has 98 valence electrons. The zero-order valence-electron chi connectivity index (χ0n) is 11.0. The normalized spacial score (nSPS) is 11.2. The van der Waals surface area contributed by atoms with Crippen molar-refractivity contribution in [3.63, 3.8) is 0 Å². The lowest BCUT2D eigenvalue weighted by Gasteiger charge is -2.01. The first-order valence-electron chi connectivity index (χ1n) is 6.50. The van der Waals surface area contributed by atoms with Crippen LogP contribution in [0.2, 0.25) is 0 Å². The average molecular weight is 271 g/mol. The van der Waals surface area contributed by atoms with Gasteiger partial charge in [0, 0.05) is 29.8 Å². The highest BCUT2D eigenvalue weighted by Gasteiger charge is 2.09. The third-order valence-corrected chi connectivity index (χ3v) is 4.16. The molecule has 0 aliphatic carbocycles. The molecule has 4 heteroatoms. The summed E-state index contributed by atoms with van der Waals surface area (Å²) in [4.78, 5) is 1.41. The third kappa shape index (κ3) is 2.55. The summed E-state index contributed by atoms with van der Waals surface area (Å²) in [6, 6.07) is 12.7. The van der Waals surface area contributed by atoms with Gasteiger partial charge in [-0.3, -0.25) is 4.68 Å². The van der Waals surface area contributed by atoms with Crippen molar-refractivity contribution in [1.29, 1.82) is 0 Å². The summed E-state index contributed by atoms with van der Waals surface area (Å²) in [7, 11) is 1.96. The van der Waals surface area contributed by atoms with Gasteiger partial charge in [-0.25, -0.2) is 0 Å². The van der Waals surface area contributed by atoms with Gasteiger partial charge in [-0.05, 0) is 24.6 Å². The largest absolute Gasteiger partial charge is 0.314 e. The van der Waals surface area contributed by atoms with Crippen molar-refractivity contribution in [1.82, 2.24) is 15.1 Å². The number of benzene rings is 1. The quantitative estimate of drug-likeness (QED) is 0.773. The molecule has 0 spiro atoms. The van der Waals surface area contributed by atoms with E-state index < -0.39 is 0 Å². The highest BCUT2D eigenvalue weighted by atomic mass is 32.1. The fraction of sp³-hybridized carbons (Fsp3) is 0.267. The first-order valence-corrected chi connectivity index (χ1v) is 7.38. The molecule has 1 N–H and O–H groups in total. The molecule has 0 radical (unpaired) electrons. The van der Waals surface area contributed by atoms with Gasteiger partial charge in [0.05, 0.1) is 11.2 Å². The fourth-order valence-electron chi connectivity index (χ4n) is 2.34. The highest BCUT2D eigenvalue weighted by Crippen LogP contribution is 2.19. The second-order valence-electron chi connectivity index (χ2n) is 4.55. The molecular formula is C15H17N3S. The van der Waals surface area contributed by atoms with Crippen LogP contribution in [-0.4, -0.2) is 16.8 Å². The van der Waals surface area contributed by atoms with Crippen LogP contribution >= 0.6 is 11.3 Å². The van der Waals surface area contributed by atoms with Crippen LogP contribution in [0.25, 0.3) is 10.9 Å². The van der Waals surface area contributed by atoms with E-state index in [1.165, 1.54) is 15.8 Å². The number of nitrogens with one attached hydrogen (secondary N) is 1. The maximum atomic E-state index is 4.74. The number of hydrogen-bond acceptors (Lipinski definition) is 3. The molecule has 0 saturated carbocycles. The summed E-state index contributed by atoms with van der Waals surface area (Å²) >= 11 is 1.81. The molecule has 19 heavy (non-hydrogen) atoms. The van der Waals surface area contributed by atoms with Gasteiger partial charge in [-0.1, -0.05) is 24.3 Å². The van der Waals surface area contributed by atoms with Crippen LogP contribution in [0.15, 0.2) is 41.8 Å². The van der Waals surface area contributed by atoms with Crippen LogP contribution in [0.5, 0.6) is 0 Å². The van der Waals surface area contributed by atoms with Crippen molar-refractivity contribution in [2.75, 3.05) is 7.05 Å². The Bertz CT molecular complexity index is 655. The van der Waals surface area contributed by atoms with Gasteiger partial charge in [-0.2, -0.15) is 5.10 Å². The lowest BCUT2D eigenvalue weighted by atomic mass is 10.2. The Morgan fingerprint density at radius 2 is 2.11 bits per heavy atom. The summed E-state index contributed by atoms with van der Waals surface area (Å²) in [5.74, 6) is 0. The van der Waals surface area contributed by atoms with Crippen molar-refractivity contribution in [2.45, 2.75) is 19.5 Å². The predicted octanol–water partition coefficient (Wildman–Crippen LogP) is 3.06. The van der Waals surface area contributed by atoms with Gasteiger partial charge in [0.2, 0.25) is 0 Å². The van der Waals surface area contributed by atoms with E-state index in [1.54, 1.807) is 0 Å². The second-order valence-corrected chi connectivity index (χ2v) is 5.58. The van der Waals surface area contributed by atoms with E-state index in [0.717, 1.165) is 25.2 Å². The van der Waals surface area contributed by atoms with E-state index in [9.17, 15) is 0 Å². The maximum absolute atomic E-state index is 4.74. The van der Waals surface area contributed by atoms with Gasteiger partial charge < -0.3 is 5.32 Å². The van der Waals surface area contributed by atoms with Crippen molar-refractivity contribution in [3.05, 3.63) is 52.3 Å². The van der Waals surface area contributed by atoms with Crippen molar-refractivity contribution in [2.24, 2.45) is 0 Å². The monoisotopic (exact) mass is 271 g/mol. The molecule has 1 aromatic carbocycles. The minimum absolute atomic E-state index is 0.812. The summed E-state index contributed by atoms with van der Waals surface area (Å²) in [5, 5.41) is 11.3. The first-order chi connectivity index (χ1) is 9.38. The van der Waals surface area contributed by atoms with Crippen molar-refractivity contribution in [3.8, 4) is 0 Å². The summed E-state index contributed by atoms with van der Waals surface area (Å²) in [5.41, 5.74) is 2.36. The van der Waals surface area contributed by atoms with Gasteiger partial charge in [0.1, 0.15) is 0 Å². The third-order valence-electron chi connectivity index (χ3n) is 3.23. The van der Waals surface area contributed by atoms with Crippen LogP contribution in [0.4, 0.5) is 0 Å². The predicted molar refractivity (Wildman–Crippen MR) is 80.5 cm³/mol. The van der Waals surface area contributed by atoms with E-state index in [0.29, 0.717) is 0 Å². The molecule has 0 amide bonds. The number of rotatable bonds is 5. The van der Waals surface area contributed by atoms with Crippen LogP contribution in [-0.2, 0) is 19.5 Å². The molecule has 3 rings (SSSR count). The van der Waals surface area contributed by atoms with Crippen molar-refractivity contribution >= 4 is 22.2 Å². The SMILES string of the molecule is CNCc1nn(CCc2cccs2)c2ccccc12. The van der Waals surface area contributed by atoms with Crippen LogP contribution in [0, 0.1) is 0 Å². The number of hydrogen-bond donors (Lipinski definition) is 1. The number of nitrogens with zero attached hydrogens (tertiary/aromatic N) is 2. The smallest absolute Gasteiger partial charge is 0.0841 e. The second kappa shape index (κ2) is 5.55. The molecule has 0 fully saturated rings. The van der Waals surface area contributed by atoms with Crippen molar-refractivity contribution < 1.29 is 0 Å². The summed E-state index contributed by atoms with van der Waals surface area (Å²) < 4.78 is 2.13. The topological polar surface area (TPSA) is 29.9 Å². The Hall–Kier alpha value is -1.65. The Morgan fingerprint density at radius 1 is 1.21 bits per heavy atom. The van der Waals surface area contributed by atoms with Gasteiger partial charge in [0.15, 0.2) is 0 Å². The fourth-order valence-corrected chi connectivity index (χ4v) is 3.03. The zero-order valence-corrected chi connectivity index (χ0v) is 11.8. The van der Waals surface area contributed by atoms with Crippen LogP contribution < -0.4 is 5.32 Å². The molecule has 0 unspecified atom stereocenters. The van der Waals surface area contributed by atoms with Crippen LogP contribution in [0.1, 0.15) is 10.6 Å². The minimum Gasteiger partial charge on any atom is -0.314 e. The number of thiophene rings is 1. The number of para-hydroxylation sites is 1. The van der Waals surface area contributed by atoms with E-state index in [4.69, 9.17) is 5.10 Å². The Labute approximate surface area is 116 Å². The Balaban J connectivity index is 1.90. The highest BCUT2D eigenvalue weighted by molar-refractivity contribution is 7.09. The maximum Gasteiger partial charge on any atom is 0.0841 e. The zero-order chi connectivity index (χ0) is 13.1. The summed E-state index contributed by atoms with van der Waals surface area (Å²) in [6.07, 6.45) is 1.04. The molecule has 0 aliphatic heterocycles. The lowest BCUT2D eigenvalue weighted by molar-refractivity contribution is 0.621. The molecule has 0 atom stereocenters. The van der Waals surface area contributed by atoms with Crippen LogP contribution in [0.3, 0.4) is 0 Å². The molecule has 3 aromatic rings. The number of fused-ring (bicyclic) bond motifs is 1. The van der Waals surface area contributed by atoms with E-state index in [2.05, 4.69) is 51.8 Å². The van der Waals surface area contributed by atoms with E-state index in [1.807, 2.05) is 18.4 Å². The Morgan fingerprint density at radius 3 is 2.89 bits per heavy atom. The number of aromatic nitrogens is 2. The molecular weight excluding hydrogens is 254 g/mol. The van der Waals surface area contributed by atoms with E-state index in [-0.39, 0.29) is 0 Å². The standard InChI is InChI=1S/C15H17N3S/c1-16-11-14-13-6-2-3-7-15(13)18(17-14)9-8-12-5-4-10-19-12/h2-7,10,16H,8-9,11H2,1H3. The molecule has 2 aromatic heterocycles. The number of aryl methyl sites for hydroxylation is 2. The molecule has 0 aliphatic rings. The average Bonchev–Trinajstić information content (AvgIpc) is 3.06. The lowest BCUT2D eigenvalue weighted by Crippen LogP contribution is -2.08. The van der Waals surface area contributed by atoms with Gasteiger partial charge in [-0.15, -0.1) is 11.3 Å². The molecule has 0 saturated heterocycles. The first kappa shape index (κ1) is 12.4. The minimum atomic E-state index is 0.812. The van der Waals surface area contributed by atoms with Gasteiger partial charge >= 0.3 is 0 Å². The summed E-state index contributed by atoms with van der Waals surface area (Å²) in [6.45, 7) is 1.75. The van der Waals surface area contributed by atoms with E-state index >= 15 is 0 Å². The molecule has 3 nitrogen and oxygen atoms in total. The Kier molecular flexibility index (Phi) is 3.62.